The summed E-state index contributed by atoms with van der Waals surface area (Å²) < 4.78 is 0. The zero-order valence-electron chi connectivity index (χ0n) is 10.7. The predicted octanol–water partition coefficient (Wildman–Crippen LogP) is 2.45. The number of hydrogen-bond donors (Lipinski definition) is 2. The second-order valence-electron chi connectivity index (χ2n) is 4.80. The molecule has 94 valence electrons. The van der Waals surface area contributed by atoms with Crippen LogP contribution in [0.3, 0.4) is 0 Å². The Bertz CT molecular complexity index is 357. The highest BCUT2D eigenvalue weighted by molar-refractivity contribution is 5.70. The maximum absolute atomic E-state index is 10.5. The number of carboxylic acids is 1. The third-order valence-electron chi connectivity index (χ3n) is 3.01. The molecule has 0 radical (unpaired) electrons. The van der Waals surface area contributed by atoms with Gasteiger partial charge in [0.1, 0.15) is 0 Å². The summed E-state index contributed by atoms with van der Waals surface area (Å²) in [6.45, 7) is 7.37. The molecule has 0 aliphatic carbocycles. The summed E-state index contributed by atoms with van der Waals surface area (Å²) in [7, 11) is 0. The lowest BCUT2D eigenvalue weighted by Gasteiger charge is -2.17. The fraction of sp³-hybridized carbons (Fsp3) is 0.500. The van der Waals surface area contributed by atoms with Gasteiger partial charge in [-0.2, -0.15) is 0 Å². The highest BCUT2D eigenvalue weighted by atomic mass is 16.4. The van der Waals surface area contributed by atoms with E-state index in [4.69, 9.17) is 5.11 Å². The van der Waals surface area contributed by atoms with Crippen molar-refractivity contribution in [3.05, 3.63) is 35.4 Å². The van der Waals surface area contributed by atoms with Crippen LogP contribution in [0.25, 0.3) is 0 Å². The third kappa shape index (κ3) is 5.00. The minimum atomic E-state index is -0.788. The summed E-state index contributed by atoms with van der Waals surface area (Å²) in [6, 6.07) is 8.21. The van der Waals surface area contributed by atoms with Crippen molar-refractivity contribution in [3.8, 4) is 0 Å². The van der Waals surface area contributed by atoms with Crippen LogP contribution in [0.1, 0.15) is 31.9 Å². The van der Waals surface area contributed by atoms with E-state index < -0.39 is 5.97 Å². The molecule has 0 aliphatic heterocycles. The van der Waals surface area contributed by atoms with Crippen LogP contribution in [0.15, 0.2) is 24.3 Å². The number of carbonyl (C=O) groups is 1. The molecule has 1 unspecified atom stereocenters. The quantitative estimate of drug-likeness (QED) is 0.796. The van der Waals surface area contributed by atoms with Gasteiger partial charge in [0.2, 0.25) is 0 Å². The summed E-state index contributed by atoms with van der Waals surface area (Å²) in [5.41, 5.74) is 2.03. The van der Waals surface area contributed by atoms with Crippen molar-refractivity contribution >= 4 is 5.97 Å². The first-order valence-electron chi connectivity index (χ1n) is 6.02. The molecule has 0 amide bonds. The average molecular weight is 235 g/mol. The first-order valence-corrected chi connectivity index (χ1v) is 6.02. The second kappa shape index (κ2) is 6.40. The maximum Gasteiger partial charge on any atom is 0.307 e. The maximum atomic E-state index is 10.5. The van der Waals surface area contributed by atoms with Crippen molar-refractivity contribution in [2.45, 2.75) is 39.8 Å². The number of rotatable bonds is 6. The Morgan fingerprint density at radius 2 is 1.71 bits per heavy atom. The molecule has 3 nitrogen and oxygen atoms in total. The monoisotopic (exact) mass is 235 g/mol. The number of benzene rings is 1. The third-order valence-corrected chi connectivity index (χ3v) is 3.01. The molecule has 1 aromatic carbocycles. The highest BCUT2D eigenvalue weighted by Crippen LogP contribution is 2.07. The van der Waals surface area contributed by atoms with Gasteiger partial charge < -0.3 is 10.4 Å². The molecule has 0 heterocycles. The van der Waals surface area contributed by atoms with Crippen molar-refractivity contribution in [2.75, 3.05) is 0 Å². The summed E-state index contributed by atoms with van der Waals surface area (Å²) in [4.78, 5) is 10.5. The molecule has 1 aromatic rings. The number of aliphatic carboxylic acids is 1. The Balaban J connectivity index is 2.48. The van der Waals surface area contributed by atoms with Gasteiger partial charge in [0.05, 0.1) is 6.42 Å². The first kappa shape index (κ1) is 13.7. The van der Waals surface area contributed by atoms with Crippen LogP contribution >= 0.6 is 0 Å². The standard InChI is InChI=1S/C14H21NO2/c1-10(2)11(3)15-9-13-6-4-12(5-7-13)8-14(16)17/h4-7,10-11,15H,8-9H2,1-3H3,(H,16,17). The highest BCUT2D eigenvalue weighted by Gasteiger charge is 2.06. The normalized spacial score (nSPS) is 12.7. The van der Waals surface area contributed by atoms with Gasteiger partial charge in [0.15, 0.2) is 0 Å². The predicted molar refractivity (Wildman–Crippen MR) is 68.9 cm³/mol. The van der Waals surface area contributed by atoms with E-state index in [1.54, 1.807) is 0 Å². The minimum absolute atomic E-state index is 0.0934. The fourth-order valence-electron chi connectivity index (χ4n) is 1.46. The average Bonchev–Trinajstić information content (AvgIpc) is 2.26. The van der Waals surface area contributed by atoms with Gasteiger partial charge in [-0.25, -0.2) is 0 Å². The van der Waals surface area contributed by atoms with E-state index >= 15 is 0 Å². The summed E-state index contributed by atoms with van der Waals surface area (Å²) in [5.74, 6) is -0.175. The van der Waals surface area contributed by atoms with Gasteiger partial charge in [-0.15, -0.1) is 0 Å². The van der Waals surface area contributed by atoms with Gasteiger partial charge in [-0.3, -0.25) is 4.79 Å². The van der Waals surface area contributed by atoms with Crippen LogP contribution in [0.2, 0.25) is 0 Å². The van der Waals surface area contributed by atoms with Crippen LogP contribution in [-0.2, 0) is 17.8 Å². The van der Waals surface area contributed by atoms with Crippen LogP contribution < -0.4 is 5.32 Å². The van der Waals surface area contributed by atoms with Crippen LogP contribution in [-0.4, -0.2) is 17.1 Å². The van der Waals surface area contributed by atoms with E-state index in [0.29, 0.717) is 12.0 Å². The van der Waals surface area contributed by atoms with Crippen molar-refractivity contribution < 1.29 is 9.90 Å². The molecule has 17 heavy (non-hydrogen) atoms. The molecule has 0 spiro atoms. The SMILES string of the molecule is CC(C)C(C)NCc1ccc(CC(=O)O)cc1. The molecule has 3 heteroatoms. The molecular weight excluding hydrogens is 214 g/mol. The Morgan fingerprint density at radius 1 is 1.18 bits per heavy atom. The fourth-order valence-corrected chi connectivity index (χ4v) is 1.46. The van der Waals surface area contributed by atoms with Gasteiger partial charge in [0, 0.05) is 12.6 Å². The molecule has 0 aliphatic rings. The topological polar surface area (TPSA) is 49.3 Å². The lowest BCUT2D eigenvalue weighted by atomic mass is 10.1. The molecule has 2 N–H and O–H groups in total. The molecule has 0 saturated heterocycles. The van der Waals surface area contributed by atoms with Gasteiger partial charge in [-0.1, -0.05) is 38.1 Å². The Morgan fingerprint density at radius 3 is 2.18 bits per heavy atom. The minimum Gasteiger partial charge on any atom is -0.481 e. The molecule has 0 aromatic heterocycles. The molecule has 1 rings (SSSR count). The lowest BCUT2D eigenvalue weighted by molar-refractivity contribution is -0.136. The number of hydrogen-bond acceptors (Lipinski definition) is 2. The second-order valence-corrected chi connectivity index (χ2v) is 4.80. The molecule has 1 atom stereocenters. The van der Waals surface area contributed by atoms with E-state index in [1.807, 2.05) is 24.3 Å². The molecule has 0 bridgehead atoms. The van der Waals surface area contributed by atoms with Crippen molar-refractivity contribution in [1.82, 2.24) is 5.32 Å². The summed E-state index contributed by atoms with van der Waals surface area (Å²) in [5, 5.41) is 12.1. The zero-order chi connectivity index (χ0) is 12.8. The van der Waals surface area contributed by atoms with Crippen molar-refractivity contribution in [3.63, 3.8) is 0 Å². The zero-order valence-corrected chi connectivity index (χ0v) is 10.7. The van der Waals surface area contributed by atoms with Crippen molar-refractivity contribution in [1.29, 1.82) is 0 Å². The van der Waals surface area contributed by atoms with Crippen molar-refractivity contribution in [2.24, 2.45) is 5.92 Å². The van der Waals surface area contributed by atoms with Crippen LogP contribution in [0, 0.1) is 5.92 Å². The summed E-state index contributed by atoms with van der Waals surface area (Å²) in [6.07, 6.45) is 0.0934. The van der Waals surface area contributed by atoms with Gasteiger partial charge in [0.25, 0.3) is 0 Å². The molecule has 0 saturated carbocycles. The largest absolute Gasteiger partial charge is 0.481 e. The van der Waals surface area contributed by atoms with E-state index in [-0.39, 0.29) is 6.42 Å². The van der Waals surface area contributed by atoms with E-state index in [0.717, 1.165) is 12.1 Å². The molecule has 0 fully saturated rings. The van der Waals surface area contributed by atoms with Crippen LogP contribution in [0.4, 0.5) is 0 Å². The van der Waals surface area contributed by atoms with Gasteiger partial charge >= 0.3 is 5.97 Å². The lowest BCUT2D eigenvalue weighted by Crippen LogP contribution is -2.30. The number of carboxylic acid groups (broad SMARTS) is 1. The molecular formula is C14H21NO2. The smallest absolute Gasteiger partial charge is 0.307 e. The Kier molecular flexibility index (Phi) is 5.16. The Hall–Kier alpha value is -1.35. The number of nitrogens with one attached hydrogen (secondary N) is 1. The summed E-state index contributed by atoms with van der Waals surface area (Å²) >= 11 is 0. The first-order chi connectivity index (χ1) is 7.99. The van der Waals surface area contributed by atoms with E-state index in [2.05, 4.69) is 26.1 Å². The van der Waals surface area contributed by atoms with E-state index in [1.165, 1.54) is 5.56 Å². The van der Waals surface area contributed by atoms with E-state index in [9.17, 15) is 4.79 Å². The Labute approximate surface area is 103 Å². The van der Waals surface area contributed by atoms with Crippen LogP contribution in [0.5, 0.6) is 0 Å². The van der Waals surface area contributed by atoms with Gasteiger partial charge in [-0.05, 0) is 24.0 Å².